The molecule has 0 aliphatic carbocycles. The number of ether oxygens (including phenoxy) is 2. The second-order valence-corrected chi connectivity index (χ2v) is 9.60. The van der Waals surface area contributed by atoms with Crippen LogP contribution in [0.3, 0.4) is 0 Å². The molecule has 42 heavy (non-hydrogen) atoms. The molecular weight excluding hydrogens is 556 g/mol. The van der Waals surface area contributed by atoms with Gasteiger partial charge in [-0.3, -0.25) is 9.13 Å². The molecule has 0 spiro atoms. The molecule has 8 atom stereocenters. The number of fused-ring (bicyclic) bond motifs is 2. The van der Waals surface area contributed by atoms with Gasteiger partial charge in [-0.2, -0.15) is 0 Å². The third kappa shape index (κ3) is 4.02. The lowest BCUT2D eigenvalue weighted by molar-refractivity contribution is -0.0607. The van der Waals surface area contributed by atoms with Gasteiger partial charge in [-0.1, -0.05) is 0 Å². The van der Waals surface area contributed by atoms with Gasteiger partial charge in [0, 0.05) is 0 Å². The minimum absolute atomic E-state index is 0.0911. The fourth-order valence-corrected chi connectivity index (χ4v) is 4.99. The Morgan fingerprint density at radius 3 is 1.50 bits per heavy atom. The smallest absolute Gasteiger partial charge is 0.185 e. The van der Waals surface area contributed by atoms with Crippen molar-refractivity contribution in [3.8, 4) is 23.7 Å². The quantitative estimate of drug-likeness (QED) is 0.106. The van der Waals surface area contributed by atoms with Gasteiger partial charge < -0.3 is 51.6 Å². The van der Waals surface area contributed by atoms with Gasteiger partial charge in [0.2, 0.25) is 0 Å². The van der Waals surface area contributed by atoms with Crippen molar-refractivity contribution in [2.45, 2.75) is 48.1 Å². The molecule has 2 saturated heterocycles. The molecule has 4 aromatic heterocycles. The van der Waals surface area contributed by atoms with Crippen molar-refractivity contribution in [3.05, 3.63) is 25.3 Å². The zero-order valence-corrected chi connectivity index (χ0v) is 21.4. The summed E-state index contributed by atoms with van der Waals surface area (Å²) in [6.07, 6.45) is -3.81. The largest absolute Gasteiger partial charge is 0.394 e. The Hall–Kier alpha value is -4.50. The average Bonchev–Trinajstić information content (AvgIpc) is 3.72. The molecule has 6 heterocycles. The Balaban J connectivity index is 1.28. The van der Waals surface area contributed by atoms with Gasteiger partial charge in [0.15, 0.2) is 46.6 Å². The van der Waals surface area contributed by atoms with Gasteiger partial charge in [0.05, 0.1) is 25.9 Å². The summed E-state index contributed by atoms with van der Waals surface area (Å²) in [5.74, 6) is 9.61. The third-order valence-electron chi connectivity index (χ3n) is 7.27. The number of aliphatic hydroxyl groups excluding tert-OH is 4. The standard InChI is InChI=1S/C24H24N10O8/c25-17-13-19(29-7-27-17)33(9-31-13)21-15(37)23(39,11(5-35)41-21)3-1-2-4-24(40)12(6-36)42-22(16(24)38)34-10-32-14-18(26)28-8-30-20(14)34/h7-12,15-16,21-22,35-40H,5-6H2,(H2,25,27,29)(H2,26,28,30)/t11-,12-,15+,16+,21-,22-,23-,24-/m1/s1. The highest BCUT2D eigenvalue weighted by atomic mass is 16.6. The molecule has 6 rings (SSSR count). The molecule has 0 saturated carbocycles. The first-order valence-electron chi connectivity index (χ1n) is 12.4. The molecular formula is C24H24N10O8. The van der Waals surface area contributed by atoms with Crippen LogP contribution in [-0.4, -0.2) is 119 Å². The number of aromatic nitrogens is 8. The van der Waals surface area contributed by atoms with E-state index in [-0.39, 0.29) is 34.0 Å². The summed E-state index contributed by atoms with van der Waals surface area (Å²) in [6, 6.07) is 0. The van der Waals surface area contributed by atoms with Crippen LogP contribution in [0.4, 0.5) is 11.6 Å². The first kappa shape index (κ1) is 27.7. The van der Waals surface area contributed by atoms with Crippen molar-refractivity contribution in [1.29, 1.82) is 0 Å². The predicted octanol–water partition coefficient (Wildman–Crippen LogP) is -4.20. The van der Waals surface area contributed by atoms with Crippen molar-refractivity contribution < 1.29 is 40.1 Å². The summed E-state index contributed by atoms with van der Waals surface area (Å²) in [5.41, 5.74) is 7.87. The molecule has 218 valence electrons. The molecule has 0 bridgehead atoms. The summed E-state index contributed by atoms with van der Waals surface area (Å²) >= 11 is 0. The van der Waals surface area contributed by atoms with Crippen LogP contribution in [0.2, 0.25) is 0 Å². The maximum Gasteiger partial charge on any atom is 0.185 e. The minimum atomic E-state index is -2.33. The minimum Gasteiger partial charge on any atom is -0.394 e. The van der Waals surface area contributed by atoms with E-state index >= 15 is 0 Å². The summed E-state index contributed by atoms with van der Waals surface area (Å²) in [7, 11) is 0. The zero-order valence-electron chi connectivity index (χ0n) is 21.4. The molecule has 10 N–H and O–H groups in total. The monoisotopic (exact) mass is 580 g/mol. The van der Waals surface area contributed by atoms with E-state index in [1.807, 2.05) is 0 Å². The van der Waals surface area contributed by atoms with Crippen LogP contribution >= 0.6 is 0 Å². The Labute approximate surface area is 235 Å². The van der Waals surface area contributed by atoms with Gasteiger partial charge in [0.25, 0.3) is 0 Å². The second-order valence-electron chi connectivity index (χ2n) is 9.60. The number of hydrogen-bond donors (Lipinski definition) is 8. The summed E-state index contributed by atoms with van der Waals surface area (Å²) in [6.45, 7) is -1.46. The number of nitrogens with two attached hydrogens (primary N) is 2. The maximum absolute atomic E-state index is 11.2. The van der Waals surface area contributed by atoms with Gasteiger partial charge in [0.1, 0.15) is 48.1 Å². The number of aliphatic hydroxyl groups is 6. The Morgan fingerprint density at radius 2 is 1.12 bits per heavy atom. The topological polar surface area (TPSA) is 279 Å². The van der Waals surface area contributed by atoms with E-state index in [2.05, 4.69) is 53.6 Å². The first-order valence-corrected chi connectivity index (χ1v) is 12.4. The lowest BCUT2D eigenvalue weighted by atomic mass is 9.92. The van der Waals surface area contributed by atoms with Crippen LogP contribution < -0.4 is 11.5 Å². The van der Waals surface area contributed by atoms with E-state index in [0.717, 1.165) is 0 Å². The van der Waals surface area contributed by atoms with Crippen molar-refractivity contribution in [2.24, 2.45) is 0 Å². The Morgan fingerprint density at radius 1 is 0.714 bits per heavy atom. The van der Waals surface area contributed by atoms with Crippen LogP contribution in [0.15, 0.2) is 25.3 Å². The van der Waals surface area contributed by atoms with Gasteiger partial charge >= 0.3 is 0 Å². The molecule has 0 amide bonds. The van der Waals surface area contributed by atoms with Crippen LogP contribution in [0.25, 0.3) is 22.3 Å². The van der Waals surface area contributed by atoms with Crippen molar-refractivity contribution >= 4 is 34.0 Å². The van der Waals surface area contributed by atoms with Crippen LogP contribution in [0, 0.1) is 23.7 Å². The summed E-state index contributed by atoms with van der Waals surface area (Å²) < 4.78 is 14.0. The third-order valence-corrected chi connectivity index (χ3v) is 7.27. The average molecular weight is 581 g/mol. The van der Waals surface area contributed by atoms with Crippen LogP contribution in [0.5, 0.6) is 0 Å². The first-order chi connectivity index (χ1) is 20.1. The molecule has 2 fully saturated rings. The molecule has 0 unspecified atom stereocenters. The van der Waals surface area contributed by atoms with E-state index in [1.165, 1.54) is 34.4 Å². The van der Waals surface area contributed by atoms with Gasteiger partial charge in [-0.05, 0) is 23.7 Å². The zero-order chi connectivity index (χ0) is 29.8. The highest BCUT2D eigenvalue weighted by Gasteiger charge is 2.57. The molecule has 0 aromatic carbocycles. The van der Waals surface area contributed by atoms with Gasteiger partial charge in [-0.25, -0.2) is 29.9 Å². The second kappa shape index (κ2) is 10.1. The number of nitrogens with zero attached hydrogens (tertiary/aromatic N) is 8. The molecule has 2 aliphatic heterocycles. The van der Waals surface area contributed by atoms with E-state index in [9.17, 15) is 30.6 Å². The number of imidazole rings is 2. The van der Waals surface area contributed by atoms with Crippen LogP contribution in [-0.2, 0) is 9.47 Å². The van der Waals surface area contributed by atoms with E-state index < -0.39 is 61.3 Å². The highest BCUT2D eigenvalue weighted by Crippen LogP contribution is 2.39. The van der Waals surface area contributed by atoms with E-state index in [4.69, 9.17) is 20.9 Å². The Kier molecular flexibility index (Phi) is 6.65. The van der Waals surface area contributed by atoms with E-state index in [1.54, 1.807) is 0 Å². The maximum atomic E-state index is 11.2. The van der Waals surface area contributed by atoms with Crippen molar-refractivity contribution in [1.82, 2.24) is 39.0 Å². The fraction of sp³-hybridized carbons (Fsp3) is 0.417. The SMILES string of the molecule is Nc1ncnc2c1ncn2[C@@H]1O[C@H](CO)[C@](O)(C#CC#C[C@@]2(O)[C@@H](CO)O[C@@H](n3cnc4c(N)ncnc43)[C@@H]2O)[C@H]1O. The Bertz CT molecular complexity index is 1660. The normalized spacial score (nSPS) is 32.5. The van der Waals surface area contributed by atoms with Crippen molar-refractivity contribution in [2.75, 3.05) is 24.7 Å². The fourth-order valence-electron chi connectivity index (χ4n) is 4.99. The number of rotatable bonds is 4. The van der Waals surface area contributed by atoms with Gasteiger partial charge in [-0.15, -0.1) is 0 Å². The molecule has 0 radical (unpaired) electrons. The lowest BCUT2D eigenvalue weighted by Gasteiger charge is -2.24. The molecule has 4 aromatic rings. The number of nitrogen functional groups attached to an aromatic ring is 2. The number of hydrogen-bond acceptors (Lipinski definition) is 16. The molecule has 2 aliphatic rings. The van der Waals surface area contributed by atoms with Crippen molar-refractivity contribution in [3.63, 3.8) is 0 Å². The molecule has 18 nitrogen and oxygen atoms in total. The highest BCUT2D eigenvalue weighted by molar-refractivity contribution is 5.81. The summed E-state index contributed by atoms with van der Waals surface area (Å²) in [5, 5.41) is 64.2. The summed E-state index contributed by atoms with van der Waals surface area (Å²) in [4.78, 5) is 24.1. The predicted molar refractivity (Wildman–Crippen MR) is 139 cm³/mol. The lowest BCUT2D eigenvalue weighted by Crippen LogP contribution is -2.48. The van der Waals surface area contributed by atoms with Crippen LogP contribution in [0.1, 0.15) is 12.5 Å². The van der Waals surface area contributed by atoms with E-state index in [0.29, 0.717) is 0 Å². The number of anilines is 2. The molecule has 18 heteroatoms.